The highest BCUT2D eigenvalue weighted by Gasteiger charge is 2.37. The first kappa shape index (κ1) is 15.8. The molecule has 2 amide bonds. The van der Waals surface area contributed by atoms with E-state index in [9.17, 15) is 9.59 Å². The van der Waals surface area contributed by atoms with Crippen molar-refractivity contribution in [1.82, 2.24) is 4.90 Å². The van der Waals surface area contributed by atoms with Crippen molar-refractivity contribution < 1.29 is 9.59 Å². The van der Waals surface area contributed by atoms with Crippen LogP contribution >= 0.6 is 11.6 Å². The molecule has 0 bridgehead atoms. The van der Waals surface area contributed by atoms with E-state index in [2.05, 4.69) is 0 Å². The lowest BCUT2D eigenvalue weighted by atomic mass is 10.1. The third-order valence-corrected chi connectivity index (χ3v) is 3.70. The van der Waals surface area contributed by atoms with Crippen LogP contribution in [-0.4, -0.2) is 36.3 Å². The van der Waals surface area contributed by atoms with Crippen LogP contribution in [0.4, 0.5) is 5.69 Å². The molecule has 0 spiro atoms. The molecule has 1 unspecified atom stereocenters. The molecule has 2 rings (SSSR count). The molecule has 0 aromatic heterocycles. The number of carbonyl (C=O) groups is 2. The predicted molar refractivity (Wildman–Crippen MR) is 79.7 cm³/mol. The lowest BCUT2D eigenvalue weighted by molar-refractivity contribution is -0.134. The third-order valence-electron chi connectivity index (χ3n) is 3.45. The van der Waals surface area contributed by atoms with Gasteiger partial charge in [-0.2, -0.15) is 10.5 Å². The minimum Gasteiger partial charge on any atom is -0.316 e. The maximum absolute atomic E-state index is 12.3. The van der Waals surface area contributed by atoms with Crippen LogP contribution in [0, 0.1) is 28.6 Å². The smallest absolute Gasteiger partial charge is 0.229 e. The lowest BCUT2D eigenvalue weighted by Crippen LogP contribution is -2.38. The molecule has 6 nitrogen and oxygen atoms in total. The largest absolute Gasteiger partial charge is 0.316 e. The first-order chi connectivity index (χ1) is 10.6. The number of rotatable bonds is 4. The fourth-order valence-electron chi connectivity index (χ4n) is 2.38. The van der Waals surface area contributed by atoms with Crippen LogP contribution in [0.25, 0.3) is 0 Å². The number of hydrogen-bond acceptors (Lipinski definition) is 4. The van der Waals surface area contributed by atoms with E-state index in [4.69, 9.17) is 22.1 Å². The summed E-state index contributed by atoms with van der Waals surface area (Å²) in [6, 6.07) is 10.5. The Hall–Kier alpha value is -2.57. The zero-order valence-electron chi connectivity index (χ0n) is 11.7. The summed E-state index contributed by atoms with van der Waals surface area (Å²) in [6.45, 7) is -0.0668. The van der Waals surface area contributed by atoms with Crippen LogP contribution in [0.1, 0.15) is 6.42 Å². The number of benzene rings is 1. The zero-order chi connectivity index (χ0) is 16.1. The van der Waals surface area contributed by atoms with Crippen molar-refractivity contribution in [2.75, 3.05) is 24.5 Å². The number of hydrogen-bond donors (Lipinski definition) is 0. The van der Waals surface area contributed by atoms with Gasteiger partial charge in [0.05, 0.1) is 18.1 Å². The van der Waals surface area contributed by atoms with Gasteiger partial charge >= 0.3 is 0 Å². The second kappa shape index (κ2) is 6.93. The zero-order valence-corrected chi connectivity index (χ0v) is 12.5. The quantitative estimate of drug-likeness (QED) is 0.789. The van der Waals surface area contributed by atoms with Gasteiger partial charge in [0.2, 0.25) is 11.8 Å². The molecule has 1 aliphatic heterocycles. The monoisotopic (exact) mass is 316 g/mol. The normalized spacial score (nSPS) is 17.0. The maximum atomic E-state index is 12.3. The molecule has 112 valence electrons. The summed E-state index contributed by atoms with van der Waals surface area (Å²) < 4.78 is 0. The van der Waals surface area contributed by atoms with Crippen molar-refractivity contribution in [1.29, 1.82) is 10.5 Å². The summed E-state index contributed by atoms with van der Waals surface area (Å²) in [5, 5.41) is 18.0. The highest BCUT2D eigenvalue weighted by Crippen LogP contribution is 2.27. The first-order valence-corrected chi connectivity index (χ1v) is 7.03. The minimum absolute atomic E-state index is 0.0782. The number of nitriles is 2. The van der Waals surface area contributed by atoms with Gasteiger partial charge in [-0.3, -0.25) is 9.59 Å². The maximum Gasteiger partial charge on any atom is 0.229 e. The van der Waals surface area contributed by atoms with Crippen LogP contribution < -0.4 is 4.90 Å². The minimum atomic E-state index is -0.537. The topological polar surface area (TPSA) is 88.2 Å². The molecule has 1 atom stereocenters. The predicted octanol–water partition coefficient (Wildman–Crippen LogP) is 1.57. The van der Waals surface area contributed by atoms with Crippen molar-refractivity contribution in [3.8, 4) is 12.1 Å². The molecule has 1 aromatic rings. The Bertz CT molecular complexity index is 644. The Kier molecular flexibility index (Phi) is 4.98. The summed E-state index contributed by atoms with van der Waals surface area (Å²) in [7, 11) is 0. The Morgan fingerprint density at radius 2 is 1.86 bits per heavy atom. The van der Waals surface area contributed by atoms with Gasteiger partial charge in [-0.1, -0.05) is 11.6 Å². The van der Waals surface area contributed by atoms with E-state index in [-0.39, 0.29) is 37.9 Å². The van der Waals surface area contributed by atoms with E-state index >= 15 is 0 Å². The molecular formula is C15H13ClN4O2. The summed E-state index contributed by atoms with van der Waals surface area (Å²) in [6.07, 6.45) is 0.0782. The van der Waals surface area contributed by atoms with Gasteiger partial charge in [0, 0.05) is 23.7 Å². The standard InChI is InChI=1S/C15H13ClN4O2/c16-12-1-3-13(4-2-12)20-10-11(9-14(20)21)15(22)19(7-5-17)8-6-18/h1-4,11H,7-10H2. The molecule has 0 radical (unpaired) electrons. The van der Waals surface area contributed by atoms with Crippen LogP contribution in [0.5, 0.6) is 0 Å². The van der Waals surface area contributed by atoms with Crippen LogP contribution in [-0.2, 0) is 9.59 Å². The molecule has 7 heteroatoms. The van der Waals surface area contributed by atoms with Gasteiger partial charge in [-0.05, 0) is 24.3 Å². The Balaban J connectivity index is 2.11. The molecule has 0 aliphatic carbocycles. The second-order valence-corrected chi connectivity index (χ2v) is 5.33. The van der Waals surface area contributed by atoms with E-state index in [0.717, 1.165) is 0 Å². The van der Waals surface area contributed by atoms with E-state index in [1.165, 1.54) is 9.80 Å². The van der Waals surface area contributed by atoms with Gasteiger partial charge in [0.15, 0.2) is 0 Å². The van der Waals surface area contributed by atoms with Crippen molar-refractivity contribution in [3.05, 3.63) is 29.3 Å². The molecule has 1 saturated heterocycles. The highest BCUT2D eigenvalue weighted by atomic mass is 35.5. The molecule has 0 N–H and O–H groups in total. The average molecular weight is 317 g/mol. The van der Waals surface area contributed by atoms with Gasteiger partial charge in [-0.25, -0.2) is 0 Å². The van der Waals surface area contributed by atoms with E-state index < -0.39 is 5.92 Å². The fourth-order valence-corrected chi connectivity index (χ4v) is 2.51. The first-order valence-electron chi connectivity index (χ1n) is 6.65. The van der Waals surface area contributed by atoms with Crippen LogP contribution in [0.2, 0.25) is 5.02 Å². The van der Waals surface area contributed by atoms with E-state index in [0.29, 0.717) is 10.7 Å². The third kappa shape index (κ3) is 3.36. The Labute approximate surface area is 133 Å². The SMILES string of the molecule is N#CCN(CC#N)C(=O)C1CC(=O)N(c2ccc(Cl)cc2)C1. The van der Waals surface area contributed by atoms with Crippen molar-refractivity contribution in [3.63, 3.8) is 0 Å². The van der Waals surface area contributed by atoms with Crippen LogP contribution in [0.3, 0.4) is 0 Å². The van der Waals surface area contributed by atoms with Crippen molar-refractivity contribution in [2.45, 2.75) is 6.42 Å². The molecule has 0 saturated carbocycles. The fraction of sp³-hybridized carbons (Fsp3) is 0.333. The van der Waals surface area contributed by atoms with Gasteiger partial charge in [-0.15, -0.1) is 0 Å². The lowest BCUT2D eigenvalue weighted by Gasteiger charge is -2.20. The second-order valence-electron chi connectivity index (χ2n) is 4.89. The molecule has 1 fully saturated rings. The average Bonchev–Trinajstić information content (AvgIpc) is 2.89. The molecule has 1 heterocycles. The van der Waals surface area contributed by atoms with Crippen molar-refractivity contribution >= 4 is 29.1 Å². The Morgan fingerprint density at radius 3 is 2.41 bits per heavy atom. The number of carbonyl (C=O) groups excluding carboxylic acids is 2. The summed E-state index contributed by atoms with van der Waals surface area (Å²) >= 11 is 5.82. The van der Waals surface area contributed by atoms with E-state index in [1.54, 1.807) is 24.3 Å². The van der Waals surface area contributed by atoms with Crippen molar-refractivity contribution in [2.24, 2.45) is 5.92 Å². The molecule has 22 heavy (non-hydrogen) atoms. The summed E-state index contributed by atoms with van der Waals surface area (Å²) in [5.74, 6) is -1.03. The van der Waals surface area contributed by atoms with Crippen LogP contribution in [0.15, 0.2) is 24.3 Å². The molecular weight excluding hydrogens is 304 g/mol. The molecule has 1 aliphatic rings. The van der Waals surface area contributed by atoms with E-state index in [1.807, 2.05) is 12.1 Å². The van der Waals surface area contributed by atoms with Gasteiger partial charge in [0.25, 0.3) is 0 Å². The Morgan fingerprint density at radius 1 is 1.27 bits per heavy atom. The highest BCUT2D eigenvalue weighted by molar-refractivity contribution is 6.30. The number of nitrogens with zero attached hydrogens (tertiary/aromatic N) is 4. The van der Waals surface area contributed by atoms with Gasteiger partial charge in [0.1, 0.15) is 13.1 Å². The van der Waals surface area contributed by atoms with Gasteiger partial charge < -0.3 is 9.80 Å². The summed E-state index contributed by atoms with van der Waals surface area (Å²) in [5.41, 5.74) is 0.678. The molecule has 1 aromatic carbocycles. The number of halogens is 1. The summed E-state index contributed by atoms with van der Waals surface area (Å²) in [4.78, 5) is 27.1. The number of anilines is 1. The number of amides is 2.